The maximum Gasteiger partial charge on any atom is 0.226 e. The second-order valence-electron chi connectivity index (χ2n) is 4.39. The van der Waals surface area contributed by atoms with Crippen molar-refractivity contribution in [1.82, 2.24) is 9.97 Å². The van der Waals surface area contributed by atoms with E-state index in [1.165, 1.54) is 12.8 Å². The Morgan fingerprint density at radius 3 is 2.78 bits per heavy atom. The number of halogens is 1. The summed E-state index contributed by atoms with van der Waals surface area (Å²) < 4.78 is 5.13. The van der Waals surface area contributed by atoms with Gasteiger partial charge in [-0.2, -0.15) is 4.98 Å². The Morgan fingerprint density at radius 1 is 1.39 bits per heavy atom. The molecule has 0 bridgehead atoms. The number of hydrogen-bond donors (Lipinski definition) is 1. The van der Waals surface area contributed by atoms with E-state index < -0.39 is 0 Å². The lowest BCUT2D eigenvalue weighted by atomic mass is 10.0. The molecule has 102 valence electrons. The van der Waals surface area contributed by atoms with E-state index >= 15 is 0 Å². The molecule has 0 aromatic carbocycles. The van der Waals surface area contributed by atoms with Gasteiger partial charge in [0.15, 0.2) is 0 Å². The molecule has 1 atom stereocenters. The average Bonchev–Trinajstić information content (AvgIpc) is 2.36. The molecule has 1 aromatic rings. The highest BCUT2D eigenvalue weighted by Crippen LogP contribution is 2.15. The van der Waals surface area contributed by atoms with Gasteiger partial charge in [0.05, 0.1) is 7.11 Å². The molecule has 1 rings (SSSR count). The number of ether oxygens (including phenoxy) is 1. The summed E-state index contributed by atoms with van der Waals surface area (Å²) in [6, 6.07) is 1.81. The van der Waals surface area contributed by atoms with Crippen LogP contribution in [0.15, 0.2) is 6.07 Å². The first-order valence-corrected chi connectivity index (χ1v) is 6.92. The molecule has 0 saturated heterocycles. The zero-order valence-electron chi connectivity index (χ0n) is 11.4. The number of hydrogen-bond acceptors (Lipinski definition) is 4. The molecule has 1 heterocycles. The lowest BCUT2D eigenvalue weighted by Crippen LogP contribution is -2.16. The maximum atomic E-state index is 5.81. The van der Waals surface area contributed by atoms with Gasteiger partial charge in [0.25, 0.3) is 0 Å². The third kappa shape index (κ3) is 5.08. The molecular weight excluding hydrogens is 250 g/mol. The fourth-order valence-electron chi connectivity index (χ4n) is 1.87. The fraction of sp³-hybridized carbons (Fsp3) is 0.692. The second-order valence-corrected chi connectivity index (χ2v) is 4.77. The van der Waals surface area contributed by atoms with E-state index in [0.29, 0.717) is 23.6 Å². The SMILES string of the molecule is CCCC(CCCl)CNc1nc(C)cc(OC)n1. The zero-order chi connectivity index (χ0) is 13.4. The van der Waals surface area contributed by atoms with Gasteiger partial charge in [0.1, 0.15) is 0 Å². The van der Waals surface area contributed by atoms with E-state index in [4.69, 9.17) is 16.3 Å². The Balaban J connectivity index is 2.57. The predicted molar refractivity (Wildman–Crippen MR) is 75.5 cm³/mol. The normalized spacial score (nSPS) is 12.2. The van der Waals surface area contributed by atoms with Crippen molar-refractivity contribution < 1.29 is 4.74 Å². The molecule has 5 heteroatoms. The van der Waals surface area contributed by atoms with Crippen molar-refractivity contribution in [3.63, 3.8) is 0 Å². The van der Waals surface area contributed by atoms with Crippen LogP contribution in [0.3, 0.4) is 0 Å². The van der Waals surface area contributed by atoms with E-state index in [1.807, 2.05) is 13.0 Å². The van der Waals surface area contributed by atoms with E-state index in [1.54, 1.807) is 7.11 Å². The molecule has 0 aliphatic rings. The van der Waals surface area contributed by atoms with Gasteiger partial charge >= 0.3 is 0 Å². The van der Waals surface area contributed by atoms with Crippen LogP contribution < -0.4 is 10.1 Å². The van der Waals surface area contributed by atoms with E-state index in [9.17, 15) is 0 Å². The number of rotatable bonds is 8. The summed E-state index contributed by atoms with van der Waals surface area (Å²) in [5.74, 6) is 2.49. The molecule has 18 heavy (non-hydrogen) atoms. The highest BCUT2D eigenvalue weighted by Gasteiger charge is 2.08. The Bertz CT molecular complexity index is 354. The summed E-state index contributed by atoms with van der Waals surface area (Å²) in [7, 11) is 1.61. The van der Waals surface area contributed by atoms with Gasteiger partial charge in [0, 0.05) is 24.2 Å². The highest BCUT2D eigenvalue weighted by molar-refractivity contribution is 6.17. The summed E-state index contributed by atoms with van der Waals surface area (Å²) >= 11 is 5.81. The number of methoxy groups -OCH3 is 1. The van der Waals surface area contributed by atoms with Crippen LogP contribution in [0.1, 0.15) is 31.9 Å². The average molecular weight is 272 g/mol. The van der Waals surface area contributed by atoms with Crippen LogP contribution in [0, 0.1) is 12.8 Å². The molecule has 0 saturated carbocycles. The van der Waals surface area contributed by atoms with Crippen molar-refractivity contribution in [2.24, 2.45) is 5.92 Å². The topological polar surface area (TPSA) is 47.0 Å². The van der Waals surface area contributed by atoms with Crippen LogP contribution in [0.5, 0.6) is 5.88 Å². The van der Waals surface area contributed by atoms with Crippen LogP contribution in [-0.2, 0) is 0 Å². The summed E-state index contributed by atoms with van der Waals surface area (Å²) in [5.41, 5.74) is 0.897. The first kappa shape index (κ1) is 15.0. The minimum atomic E-state index is 0.572. The van der Waals surface area contributed by atoms with E-state index in [0.717, 1.165) is 18.7 Å². The first-order valence-electron chi connectivity index (χ1n) is 6.39. The minimum Gasteiger partial charge on any atom is -0.481 e. The van der Waals surface area contributed by atoms with Crippen molar-refractivity contribution >= 4 is 17.5 Å². The van der Waals surface area contributed by atoms with Crippen molar-refractivity contribution in [2.75, 3.05) is 24.9 Å². The molecule has 1 N–H and O–H groups in total. The summed E-state index contributed by atoms with van der Waals surface area (Å²) in [4.78, 5) is 8.61. The monoisotopic (exact) mass is 271 g/mol. The maximum absolute atomic E-state index is 5.81. The molecular formula is C13H22ClN3O. The summed E-state index contributed by atoms with van der Waals surface area (Å²) in [6.07, 6.45) is 3.36. The van der Waals surface area contributed by atoms with Gasteiger partial charge < -0.3 is 10.1 Å². The number of aromatic nitrogens is 2. The number of anilines is 1. The third-order valence-corrected chi connectivity index (χ3v) is 3.02. The van der Waals surface area contributed by atoms with Crippen LogP contribution in [0.2, 0.25) is 0 Å². The molecule has 0 fully saturated rings. The standard InChI is InChI=1S/C13H22ClN3O/c1-4-5-11(6-7-14)9-15-13-16-10(2)8-12(17-13)18-3/h8,11H,4-7,9H2,1-3H3,(H,15,16,17). The van der Waals surface area contributed by atoms with Gasteiger partial charge in [-0.25, -0.2) is 4.98 Å². The fourth-order valence-corrected chi connectivity index (χ4v) is 2.18. The molecule has 0 radical (unpaired) electrons. The Morgan fingerprint density at radius 2 is 2.17 bits per heavy atom. The van der Waals surface area contributed by atoms with Gasteiger partial charge in [-0.1, -0.05) is 13.3 Å². The molecule has 0 amide bonds. The van der Waals surface area contributed by atoms with Crippen molar-refractivity contribution in [3.8, 4) is 5.88 Å². The summed E-state index contributed by atoms with van der Waals surface area (Å²) in [5, 5.41) is 3.27. The molecule has 1 unspecified atom stereocenters. The van der Waals surface area contributed by atoms with Gasteiger partial charge in [-0.15, -0.1) is 11.6 Å². The van der Waals surface area contributed by atoms with E-state index in [-0.39, 0.29) is 0 Å². The van der Waals surface area contributed by atoms with Gasteiger partial charge in [0.2, 0.25) is 11.8 Å². The van der Waals surface area contributed by atoms with E-state index in [2.05, 4.69) is 22.2 Å². The molecule has 0 spiro atoms. The van der Waals surface area contributed by atoms with Gasteiger partial charge in [-0.3, -0.25) is 0 Å². The van der Waals surface area contributed by atoms with Gasteiger partial charge in [-0.05, 0) is 25.7 Å². The van der Waals surface area contributed by atoms with Crippen LogP contribution >= 0.6 is 11.6 Å². The Kier molecular flexibility index (Phi) is 6.80. The number of nitrogens with zero attached hydrogens (tertiary/aromatic N) is 2. The molecule has 0 aliphatic carbocycles. The first-order chi connectivity index (χ1) is 8.69. The lowest BCUT2D eigenvalue weighted by molar-refractivity contribution is 0.396. The number of nitrogens with one attached hydrogen (secondary N) is 1. The smallest absolute Gasteiger partial charge is 0.226 e. The van der Waals surface area contributed by atoms with Crippen LogP contribution in [0.25, 0.3) is 0 Å². The molecule has 4 nitrogen and oxygen atoms in total. The minimum absolute atomic E-state index is 0.572. The summed E-state index contributed by atoms with van der Waals surface area (Å²) in [6.45, 7) is 4.97. The third-order valence-electron chi connectivity index (χ3n) is 2.80. The molecule has 0 aliphatic heterocycles. The largest absolute Gasteiger partial charge is 0.481 e. The second kappa shape index (κ2) is 8.14. The predicted octanol–water partition coefficient (Wildman–Crippen LogP) is 3.25. The van der Waals surface area contributed by atoms with Crippen molar-refractivity contribution in [2.45, 2.75) is 33.1 Å². The van der Waals surface area contributed by atoms with Crippen LogP contribution in [-0.4, -0.2) is 29.5 Å². The lowest BCUT2D eigenvalue weighted by Gasteiger charge is -2.15. The molecule has 1 aromatic heterocycles. The highest BCUT2D eigenvalue weighted by atomic mass is 35.5. The van der Waals surface area contributed by atoms with Crippen LogP contribution in [0.4, 0.5) is 5.95 Å². The zero-order valence-corrected chi connectivity index (χ0v) is 12.1. The quantitative estimate of drug-likeness (QED) is 0.738. The Labute approximate surface area is 114 Å². The number of alkyl halides is 1. The Hall–Kier alpha value is -1.03. The van der Waals surface area contributed by atoms with Crippen molar-refractivity contribution in [1.29, 1.82) is 0 Å². The number of aryl methyl sites for hydroxylation is 1. The van der Waals surface area contributed by atoms with Crippen molar-refractivity contribution in [3.05, 3.63) is 11.8 Å².